The van der Waals surface area contributed by atoms with Crippen LogP contribution in [-0.2, 0) is 0 Å². The van der Waals surface area contributed by atoms with E-state index in [1.807, 2.05) is 42.6 Å². The molecule has 1 aromatic heterocycles. The Labute approximate surface area is 100 Å². The highest BCUT2D eigenvalue weighted by Crippen LogP contribution is 2.20. The zero-order valence-corrected chi connectivity index (χ0v) is 9.38. The smallest absolute Gasteiger partial charge is 0.0919 e. The molecule has 1 aromatic carbocycles. The summed E-state index contributed by atoms with van der Waals surface area (Å²) in [6, 6.07) is 14.0. The van der Waals surface area contributed by atoms with Gasteiger partial charge in [-0.1, -0.05) is 36.4 Å². The summed E-state index contributed by atoms with van der Waals surface area (Å²) in [5.74, 6) is 0. The first kappa shape index (κ1) is 9.97. The van der Waals surface area contributed by atoms with Crippen molar-refractivity contribution >= 4 is 17.5 Å². The Bertz CT molecular complexity index is 583. The maximum Gasteiger partial charge on any atom is 0.0919 e. The zero-order valence-electron chi connectivity index (χ0n) is 9.38. The van der Waals surface area contributed by atoms with Gasteiger partial charge in [0.15, 0.2) is 0 Å². The van der Waals surface area contributed by atoms with Crippen molar-refractivity contribution in [1.82, 2.24) is 4.98 Å². The molecule has 0 radical (unpaired) electrons. The Hall–Kier alpha value is -2.22. The minimum atomic E-state index is 0.846. The molecular formula is C15H12N2. The molecule has 0 N–H and O–H groups in total. The number of hydrogen-bond acceptors (Lipinski definition) is 2. The third kappa shape index (κ3) is 2.02. The lowest BCUT2D eigenvalue weighted by atomic mass is 10.0. The van der Waals surface area contributed by atoms with Crippen molar-refractivity contribution in [3.63, 3.8) is 0 Å². The van der Waals surface area contributed by atoms with Gasteiger partial charge in [-0.15, -0.1) is 0 Å². The molecule has 0 atom stereocenters. The fraction of sp³-hybridized carbons (Fsp3) is 0.0667. The molecule has 17 heavy (non-hydrogen) atoms. The zero-order chi connectivity index (χ0) is 11.5. The number of rotatable bonds is 1. The van der Waals surface area contributed by atoms with E-state index in [2.05, 4.69) is 28.2 Å². The number of hydrogen-bond donors (Lipinski definition) is 0. The Morgan fingerprint density at radius 3 is 2.76 bits per heavy atom. The van der Waals surface area contributed by atoms with Gasteiger partial charge in [-0.05, 0) is 18.2 Å². The van der Waals surface area contributed by atoms with Crippen LogP contribution in [0.4, 0.5) is 5.69 Å². The topological polar surface area (TPSA) is 25.2 Å². The molecule has 2 heteroatoms. The van der Waals surface area contributed by atoms with Crippen molar-refractivity contribution in [2.45, 2.75) is 6.42 Å². The molecule has 0 fully saturated rings. The van der Waals surface area contributed by atoms with Gasteiger partial charge in [0.2, 0.25) is 0 Å². The lowest BCUT2D eigenvalue weighted by molar-refractivity contribution is 1.23. The van der Waals surface area contributed by atoms with E-state index in [1.165, 1.54) is 0 Å². The van der Waals surface area contributed by atoms with E-state index in [1.54, 1.807) is 0 Å². The summed E-state index contributed by atoms with van der Waals surface area (Å²) >= 11 is 0. The van der Waals surface area contributed by atoms with E-state index in [9.17, 15) is 0 Å². The lowest BCUT2D eigenvalue weighted by Gasteiger charge is -2.11. The molecule has 0 aliphatic heterocycles. The number of fused-ring (bicyclic) bond motifs is 1. The van der Waals surface area contributed by atoms with Gasteiger partial charge in [0.1, 0.15) is 0 Å². The number of nitrogens with zero attached hydrogens (tertiary/aromatic N) is 2. The third-order valence-corrected chi connectivity index (χ3v) is 2.74. The average Bonchev–Trinajstić information content (AvgIpc) is 2.40. The monoisotopic (exact) mass is 220 g/mol. The fourth-order valence-electron chi connectivity index (χ4n) is 1.94. The van der Waals surface area contributed by atoms with Crippen LogP contribution in [0.5, 0.6) is 0 Å². The number of aromatic nitrogens is 1. The van der Waals surface area contributed by atoms with Crippen LogP contribution in [0.25, 0.3) is 6.08 Å². The maximum atomic E-state index is 4.66. The third-order valence-electron chi connectivity index (χ3n) is 2.74. The summed E-state index contributed by atoms with van der Waals surface area (Å²) in [4.78, 5) is 9.08. The van der Waals surface area contributed by atoms with Gasteiger partial charge in [0.25, 0.3) is 0 Å². The molecule has 2 aromatic rings. The summed E-state index contributed by atoms with van der Waals surface area (Å²) in [6.07, 6.45) is 6.90. The molecule has 0 bridgehead atoms. The van der Waals surface area contributed by atoms with Crippen molar-refractivity contribution < 1.29 is 0 Å². The van der Waals surface area contributed by atoms with Crippen LogP contribution in [-0.4, -0.2) is 10.7 Å². The number of aliphatic imine (C=N–C) groups is 1. The second-order valence-electron chi connectivity index (χ2n) is 3.94. The second kappa shape index (κ2) is 4.34. The van der Waals surface area contributed by atoms with E-state index >= 15 is 0 Å². The molecule has 0 saturated carbocycles. The van der Waals surface area contributed by atoms with Gasteiger partial charge in [-0.25, -0.2) is 0 Å². The molecule has 0 amide bonds. The number of benzene rings is 1. The highest BCUT2D eigenvalue weighted by molar-refractivity contribution is 6.05. The minimum absolute atomic E-state index is 0.846. The van der Waals surface area contributed by atoms with Crippen molar-refractivity contribution in [2.75, 3.05) is 0 Å². The van der Waals surface area contributed by atoms with Crippen molar-refractivity contribution in [2.24, 2.45) is 4.99 Å². The average molecular weight is 220 g/mol. The van der Waals surface area contributed by atoms with Crippen LogP contribution in [0.3, 0.4) is 0 Å². The first-order valence-electron chi connectivity index (χ1n) is 5.68. The van der Waals surface area contributed by atoms with Crippen molar-refractivity contribution in [3.05, 3.63) is 66.0 Å². The van der Waals surface area contributed by atoms with Crippen molar-refractivity contribution in [3.8, 4) is 0 Å². The molecule has 1 aliphatic rings. The molecule has 0 saturated heterocycles. The summed E-state index contributed by atoms with van der Waals surface area (Å²) in [7, 11) is 0. The van der Waals surface area contributed by atoms with Crippen LogP contribution in [0.1, 0.15) is 17.7 Å². The normalized spacial score (nSPS) is 15.9. The van der Waals surface area contributed by atoms with Crippen LogP contribution < -0.4 is 0 Å². The molecule has 2 nitrogen and oxygen atoms in total. The summed E-state index contributed by atoms with van der Waals surface area (Å²) in [5, 5.41) is 0. The van der Waals surface area contributed by atoms with E-state index in [-0.39, 0.29) is 0 Å². The minimum Gasteiger partial charge on any atom is -0.254 e. The van der Waals surface area contributed by atoms with Crippen LogP contribution in [0.2, 0.25) is 0 Å². The van der Waals surface area contributed by atoms with E-state index in [0.29, 0.717) is 0 Å². The molecule has 82 valence electrons. The van der Waals surface area contributed by atoms with Gasteiger partial charge in [0.05, 0.1) is 17.1 Å². The fourth-order valence-corrected chi connectivity index (χ4v) is 1.94. The predicted molar refractivity (Wildman–Crippen MR) is 70.5 cm³/mol. The first-order valence-corrected chi connectivity index (χ1v) is 5.68. The largest absolute Gasteiger partial charge is 0.254 e. The molecule has 3 rings (SSSR count). The summed E-state index contributed by atoms with van der Waals surface area (Å²) in [5.41, 5.74) is 4.16. The second-order valence-corrected chi connectivity index (χ2v) is 3.94. The van der Waals surface area contributed by atoms with E-state index < -0.39 is 0 Å². The van der Waals surface area contributed by atoms with Crippen LogP contribution in [0.15, 0.2) is 59.7 Å². The highest BCUT2D eigenvalue weighted by Gasteiger charge is 2.11. The summed E-state index contributed by atoms with van der Waals surface area (Å²) in [6.45, 7) is 0. The van der Waals surface area contributed by atoms with Crippen LogP contribution in [0, 0.1) is 0 Å². The number of pyridine rings is 1. The van der Waals surface area contributed by atoms with Gasteiger partial charge < -0.3 is 0 Å². The molecule has 0 unspecified atom stereocenters. The lowest BCUT2D eigenvalue weighted by Crippen LogP contribution is -2.07. The highest BCUT2D eigenvalue weighted by atomic mass is 14.8. The molecule has 0 spiro atoms. The standard InChI is InChI=1S/C15H12N2/c1-2-8-13(9-3-1)17-14-10-4-6-12-7-5-11-16-15(12)14/h1-9,11H,10H2. The first-order chi connectivity index (χ1) is 8.43. The molecule has 1 heterocycles. The Morgan fingerprint density at radius 2 is 1.88 bits per heavy atom. The molecular weight excluding hydrogens is 208 g/mol. The predicted octanol–water partition coefficient (Wildman–Crippen LogP) is 3.62. The van der Waals surface area contributed by atoms with Gasteiger partial charge in [0, 0.05) is 18.2 Å². The Kier molecular flexibility index (Phi) is 2.54. The van der Waals surface area contributed by atoms with Gasteiger partial charge in [-0.2, -0.15) is 0 Å². The number of para-hydroxylation sites is 1. The number of allylic oxidation sites excluding steroid dienone is 1. The van der Waals surface area contributed by atoms with Crippen LogP contribution >= 0.6 is 0 Å². The van der Waals surface area contributed by atoms with Gasteiger partial charge in [-0.3, -0.25) is 9.98 Å². The maximum absolute atomic E-state index is 4.66. The summed E-state index contributed by atoms with van der Waals surface area (Å²) < 4.78 is 0. The van der Waals surface area contributed by atoms with Gasteiger partial charge >= 0.3 is 0 Å². The van der Waals surface area contributed by atoms with E-state index in [0.717, 1.165) is 29.1 Å². The van der Waals surface area contributed by atoms with E-state index in [4.69, 9.17) is 0 Å². The van der Waals surface area contributed by atoms with Crippen molar-refractivity contribution in [1.29, 1.82) is 0 Å². The Morgan fingerprint density at radius 1 is 1.00 bits per heavy atom. The SMILES string of the molecule is C1=Cc2cccnc2C(=Nc2ccccc2)C1. The quantitative estimate of drug-likeness (QED) is 0.720. The molecule has 1 aliphatic carbocycles. The Balaban J connectivity index is 2.06.